The highest BCUT2D eigenvalue weighted by atomic mass is 16.4. The van der Waals surface area contributed by atoms with Crippen LogP contribution in [0.4, 0.5) is 0 Å². The van der Waals surface area contributed by atoms with E-state index in [2.05, 4.69) is 15.5 Å². The van der Waals surface area contributed by atoms with Crippen LogP contribution in [0.1, 0.15) is 13.8 Å². The van der Waals surface area contributed by atoms with E-state index in [1.54, 1.807) is 0 Å². The summed E-state index contributed by atoms with van der Waals surface area (Å²) in [6.07, 6.45) is 0. The maximum Gasteiger partial charge on any atom is 0.322 e. The molecule has 0 unspecified atom stereocenters. The van der Waals surface area contributed by atoms with Gasteiger partial charge in [0, 0.05) is 26.2 Å². The fourth-order valence-corrected chi connectivity index (χ4v) is 1.74. The van der Waals surface area contributed by atoms with Crippen LogP contribution in [0.15, 0.2) is 0 Å². The van der Waals surface area contributed by atoms with E-state index in [9.17, 15) is 9.59 Å². The van der Waals surface area contributed by atoms with Gasteiger partial charge in [-0.2, -0.15) is 0 Å². The molecular weight excluding hydrogens is 210 g/mol. The van der Waals surface area contributed by atoms with Crippen molar-refractivity contribution in [3.8, 4) is 0 Å². The number of amides is 1. The fourth-order valence-electron chi connectivity index (χ4n) is 1.74. The van der Waals surface area contributed by atoms with Gasteiger partial charge in [0.25, 0.3) is 0 Å². The average Bonchev–Trinajstić information content (AvgIpc) is 2.27. The molecule has 1 amide bonds. The summed E-state index contributed by atoms with van der Waals surface area (Å²) >= 11 is 0. The molecule has 0 aromatic carbocycles. The number of rotatable bonds is 4. The van der Waals surface area contributed by atoms with Crippen molar-refractivity contribution in [1.82, 2.24) is 15.5 Å². The molecule has 1 aliphatic heterocycles. The van der Waals surface area contributed by atoms with Gasteiger partial charge in [-0.1, -0.05) is 0 Å². The number of nitrogens with one attached hydrogen (secondary N) is 2. The van der Waals surface area contributed by atoms with E-state index in [0.717, 1.165) is 26.2 Å². The molecule has 3 N–H and O–H groups in total. The summed E-state index contributed by atoms with van der Waals surface area (Å²) in [5.74, 6) is -1.26. The van der Waals surface area contributed by atoms with Crippen molar-refractivity contribution in [2.75, 3.05) is 32.7 Å². The number of aliphatic carboxylic acids is 1. The van der Waals surface area contributed by atoms with Gasteiger partial charge in [-0.3, -0.25) is 14.5 Å². The van der Waals surface area contributed by atoms with Crippen LogP contribution in [0.2, 0.25) is 0 Å². The predicted octanol–water partition coefficient (Wildman–Crippen LogP) is -1.13. The number of nitrogens with zero attached hydrogens (tertiary/aromatic N) is 1. The molecule has 92 valence electrons. The zero-order valence-corrected chi connectivity index (χ0v) is 9.75. The molecule has 16 heavy (non-hydrogen) atoms. The number of carbonyl (C=O) groups excluding carboxylic acids is 1. The van der Waals surface area contributed by atoms with Crippen molar-refractivity contribution in [2.45, 2.75) is 19.4 Å². The average molecular weight is 229 g/mol. The molecule has 1 aliphatic rings. The summed E-state index contributed by atoms with van der Waals surface area (Å²) in [6.45, 7) is 6.62. The first kappa shape index (κ1) is 12.9. The van der Waals surface area contributed by atoms with Crippen molar-refractivity contribution in [3.05, 3.63) is 0 Å². The van der Waals surface area contributed by atoms with Gasteiger partial charge in [-0.15, -0.1) is 0 Å². The second-order valence-electron chi connectivity index (χ2n) is 4.37. The van der Waals surface area contributed by atoms with Crippen molar-refractivity contribution in [1.29, 1.82) is 0 Å². The highest BCUT2D eigenvalue weighted by molar-refractivity contribution is 5.88. The molecule has 6 heteroatoms. The quantitative estimate of drug-likeness (QED) is 0.568. The van der Waals surface area contributed by atoms with Crippen LogP contribution in [-0.4, -0.2) is 60.1 Å². The van der Waals surface area contributed by atoms with E-state index in [0.29, 0.717) is 0 Å². The number of carbonyl (C=O) groups is 2. The fraction of sp³-hybridized carbons (Fsp3) is 0.800. The number of hydrogen-bond donors (Lipinski definition) is 3. The number of carboxylic acids is 1. The molecule has 0 aromatic heterocycles. The first-order chi connectivity index (χ1) is 7.44. The third-order valence-electron chi connectivity index (χ3n) is 2.86. The lowest BCUT2D eigenvalue weighted by atomic mass is 10.0. The largest absolute Gasteiger partial charge is 0.480 e. The van der Waals surface area contributed by atoms with Crippen molar-refractivity contribution in [2.24, 2.45) is 0 Å². The summed E-state index contributed by atoms with van der Waals surface area (Å²) in [5.41, 5.74) is -0.655. The molecular formula is C10H19N3O3. The third kappa shape index (κ3) is 3.18. The van der Waals surface area contributed by atoms with Gasteiger partial charge in [0.05, 0.1) is 5.54 Å². The topological polar surface area (TPSA) is 81.7 Å². The number of carboxylic acid groups (broad SMARTS) is 1. The zero-order valence-electron chi connectivity index (χ0n) is 9.75. The van der Waals surface area contributed by atoms with Crippen LogP contribution < -0.4 is 10.6 Å². The Kier molecular flexibility index (Phi) is 4.26. The number of hydrogen-bond acceptors (Lipinski definition) is 4. The van der Waals surface area contributed by atoms with E-state index in [1.165, 1.54) is 0 Å². The van der Waals surface area contributed by atoms with Crippen LogP contribution >= 0.6 is 0 Å². The summed E-state index contributed by atoms with van der Waals surface area (Å²) in [6, 6.07) is 0. The predicted molar refractivity (Wildman–Crippen MR) is 59.2 cm³/mol. The Morgan fingerprint density at radius 2 is 1.94 bits per heavy atom. The smallest absolute Gasteiger partial charge is 0.322 e. The van der Waals surface area contributed by atoms with Crippen LogP contribution in [0, 0.1) is 0 Å². The normalized spacial score (nSPS) is 18.1. The minimum atomic E-state index is -1.02. The third-order valence-corrected chi connectivity index (χ3v) is 2.86. The van der Waals surface area contributed by atoms with Crippen molar-refractivity contribution in [3.63, 3.8) is 0 Å². The molecule has 0 saturated carbocycles. The van der Waals surface area contributed by atoms with E-state index >= 15 is 0 Å². The Morgan fingerprint density at radius 3 is 2.44 bits per heavy atom. The van der Waals surface area contributed by atoms with Crippen LogP contribution in [0.5, 0.6) is 0 Å². The molecule has 0 atom stereocenters. The lowest BCUT2D eigenvalue weighted by Gasteiger charge is -2.39. The minimum absolute atomic E-state index is 0.239. The van der Waals surface area contributed by atoms with E-state index in [4.69, 9.17) is 5.11 Å². The van der Waals surface area contributed by atoms with Crippen molar-refractivity contribution >= 4 is 11.9 Å². The molecule has 1 rings (SSSR count). The van der Waals surface area contributed by atoms with Gasteiger partial charge >= 0.3 is 5.97 Å². The van der Waals surface area contributed by atoms with Crippen LogP contribution in [0.3, 0.4) is 0 Å². The Bertz CT molecular complexity index is 272. The van der Waals surface area contributed by atoms with Crippen LogP contribution in [-0.2, 0) is 9.59 Å². The van der Waals surface area contributed by atoms with Crippen molar-refractivity contribution < 1.29 is 14.7 Å². The monoisotopic (exact) mass is 229 g/mol. The molecule has 6 nitrogen and oxygen atoms in total. The Hall–Kier alpha value is -1.14. The maximum absolute atomic E-state index is 11.8. The second-order valence-corrected chi connectivity index (χ2v) is 4.37. The molecule has 0 spiro atoms. The van der Waals surface area contributed by atoms with E-state index in [1.807, 2.05) is 13.8 Å². The summed E-state index contributed by atoms with van der Waals surface area (Å²) < 4.78 is 0. The van der Waals surface area contributed by atoms with Gasteiger partial charge in [0.2, 0.25) is 5.91 Å². The summed E-state index contributed by atoms with van der Waals surface area (Å²) in [7, 11) is 0. The van der Waals surface area contributed by atoms with Gasteiger partial charge in [0.1, 0.15) is 6.54 Å². The zero-order chi connectivity index (χ0) is 12.2. The highest BCUT2D eigenvalue weighted by Crippen LogP contribution is 2.14. The molecule has 1 saturated heterocycles. The van der Waals surface area contributed by atoms with E-state index in [-0.39, 0.29) is 12.5 Å². The first-order valence-corrected chi connectivity index (χ1v) is 5.40. The Morgan fingerprint density at radius 1 is 1.38 bits per heavy atom. The molecule has 0 aliphatic carbocycles. The Balaban J connectivity index is 2.53. The first-order valence-electron chi connectivity index (χ1n) is 5.40. The lowest BCUT2D eigenvalue weighted by Crippen LogP contribution is -2.60. The molecule has 1 fully saturated rings. The number of piperazine rings is 1. The van der Waals surface area contributed by atoms with Gasteiger partial charge in [-0.05, 0) is 13.8 Å². The van der Waals surface area contributed by atoms with E-state index < -0.39 is 11.5 Å². The molecule has 0 radical (unpaired) electrons. The second kappa shape index (κ2) is 5.27. The van der Waals surface area contributed by atoms with Gasteiger partial charge in [0.15, 0.2) is 0 Å². The molecule has 0 aromatic rings. The molecule has 0 bridgehead atoms. The highest BCUT2D eigenvalue weighted by Gasteiger charge is 2.35. The van der Waals surface area contributed by atoms with Gasteiger partial charge in [-0.25, -0.2) is 0 Å². The summed E-state index contributed by atoms with van der Waals surface area (Å²) in [4.78, 5) is 24.3. The lowest BCUT2D eigenvalue weighted by molar-refractivity contribution is -0.140. The van der Waals surface area contributed by atoms with Crippen LogP contribution in [0.25, 0.3) is 0 Å². The SMILES string of the molecule is CC(C)(C(=O)NCC(=O)O)N1CCNCC1. The standard InChI is InChI=1S/C10H19N3O3/c1-10(2,9(16)12-7-8(14)15)13-5-3-11-4-6-13/h11H,3-7H2,1-2H3,(H,12,16)(H,14,15). The minimum Gasteiger partial charge on any atom is -0.480 e. The Labute approximate surface area is 95.0 Å². The summed E-state index contributed by atoms with van der Waals surface area (Å²) in [5, 5.41) is 14.1. The maximum atomic E-state index is 11.8. The molecule has 1 heterocycles. The van der Waals surface area contributed by atoms with Gasteiger partial charge < -0.3 is 15.7 Å².